The first-order chi connectivity index (χ1) is 17.3. The SMILES string of the molecule is Cc1ccc(-c2c(C)ccc3c2oc2ccc4c(c23)-c2ccccc2C4(CC(C)C)CC(C)C)nc1. The summed E-state index contributed by atoms with van der Waals surface area (Å²) >= 11 is 0. The van der Waals surface area contributed by atoms with Crippen molar-refractivity contribution >= 4 is 21.9 Å². The monoisotopic (exact) mass is 473 g/mol. The standard InChI is InChI=1S/C34H35NO/c1-20(2)17-34(18-21(3)4)26-10-8-7-9-24(26)31-27(34)14-16-29-32(31)25-13-12-23(6)30(33(25)36-29)28-15-11-22(5)19-35-28/h7-16,19-21H,17-18H2,1-6H3. The van der Waals surface area contributed by atoms with Gasteiger partial charge in [0.05, 0.1) is 5.69 Å². The molecule has 5 aromatic rings. The predicted molar refractivity (Wildman–Crippen MR) is 152 cm³/mol. The quantitative estimate of drug-likeness (QED) is 0.254. The summed E-state index contributed by atoms with van der Waals surface area (Å²) in [6.45, 7) is 13.7. The van der Waals surface area contributed by atoms with Gasteiger partial charge in [-0.15, -0.1) is 0 Å². The van der Waals surface area contributed by atoms with Crippen molar-refractivity contribution in [1.82, 2.24) is 4.98 Å². The Morgan fingerprint density at radius 1 is 0.778 bits per heavy atom. The van der Waals surface area contributed by atoms with Crippen molar-refractivity contribution < 1.29 is 4.42 Å². The Labute approximate surface area is 214 Å². The normalized spacial score (nSPS) is 14.2. The van der Waals surface area contributed by atoms with E-state index in [2.05, 4.69) is 102 Å². The molecule has 6 rings (SSSR count). The number of fused-ring (bicyclic) bond motifs is 7. The van der Waals surface area contributed by atoms with Crippen LogP contribution in [0, 0.1) is 25.7 Å². The zero-order valence-corrected chi connectivity index (χ0v) is 22.3. The van der Waals surface area contributed by atoms with E-state index in [9.17, 15) is 0 Å². The molecule has 2 aromatic heterocycles. The fourth-order valence-electron chi connectivity index (χ4n) is 6.82. The van der Waals surface area contributed by atoms with E-state index in [0.717, 1.165) is 40.8 Å². The Hall–Kier alpha value is -3.39. The maximum absolute atomic E-state index is 6.68. The third kappa shape index (κ3) is 3.34. The molecule has 0 spiro atoms. The van der Waals surface area contributed by atoms with Crippen molar-refractivity contribution in [3.05, 3.63) is 89.1 Å². The summed E-state index contributed by atoms with van der Waals surface area (Å²) in [5.74, 6) is 1.20. The highest BCUT2D eigenvalue weighted by atomic mass is 16.3. The second-order valence-electron chi connectivity index (χ2n) is 11.6. The summed E-state index contributed by atoms with van der Waals surface area (Å²) < 4.78 is 6.68. The number of aromatic nitrogens is 1. The highest BCUT2D eigenvalue weighted by Gasteiger charge is 2.44. The van der Waals surface area contributed by atoms with Crippen molar-refractivity contribution in [3.8, 4) is 22.4 Å². The van der Waals surface area contributed by atoms with Gasteiger partial charge in [0.15, 0.2) is 0 Å². The van der Waals surface area contributed by atoms with Crippen molar-refractivity contribution in [3.63, 3.8) is 0 Å². The Kier molecular flexibility index (Phi) is 5.33. The fraction of sp³-hybridized carbons (Fsp3) is 0.324. The van der Waals surface area contributed by atoms with Crippen molar-refractivity contribution in [2.75, 3.05) is 0 Å². The van der Waals surface area contributed by atoms with Gasteiger partial charge in [0.1, 0.15) is 11.2 Å². The third-order valence-electron chi connectivity index (χ3n) is 7.92. The van der Waals surface area contributed by atoms with E-state index in [-0.39, 0.29) is 5.41 Å². The molecule has 2 heteroatoms. The molecular formula is C34H35NO. The van der Waals surface area contributed by atoms with Gasteiger partial charge in [-0.3, -0.25) is 4.98 Å². The van der Waals surface area contributed by atoms with Crippen LogP contribution in [0.3, 0.4) is 0 Å². The molecular weight excluding hydrogens is 438 g/mol. The molecule has 1 aliphatic rings. The van der Waals surface area contributed by atoms with Crippen LogP contribution in [0.25, 0.3) is 44.3 Å². The lowest BCUT2D eigenvalue weighted by molar-refractivity contribution is 0.337. The first-order valence-corrected chi connectivity index (χ1v) is 13.3. The number of hydrogen-bond acceptors (Lipinski definition) is 2. The Morgan fingerprint density at radius 2 is 1.53 bits per heavy atom. The van der Waals surface area contributed by atoms with Crippen LogP contribution in [0.15, 0.2) is 71.3 Å². The van der Waals surface area contributed by atoms with Crippen molar-refractivity contribution in [2.24, 2.45) is 11.8 Å². The second-order valence-corrected chi connectivity index (χ2v) is 11.6. The molecule has 2 nitrogen and oxygen atoms in total. The Bertz CT molecular complexity index is 1590. The van der Waals surface area contributed by atoms with Crippen LogP contribution >= 0.6 is 0 Å². The first-order valence-electron chi connectivity index (χ1n) is 13.3. The largest absolute Gasteiger partial charge is 0.455 e. The van der Waals surface area contributed by atoms with Crippen LogP contribution in [0.5, 0.6) is 0 Å². The minimum atomic E-state index is 0.0259. The lowest BCUT2D eigenvalue weighted by atomic mass is 9.68. The number of hydrogen-bond donors (Lipinski definition) is 0. The fourth-order valence-corrected chi connectivity index (χ4v) is 6.82. The van der Waals surface area contributed by atoms with E-state index in [4.69, 9.17) is 9.40 Å². The molecule has 2 heterocycles. The van der Waals surface area contributed by atoms with E-state index in [1.54, 1.807) is 0 Å². The lowest BCUT2D eigenvalue weighted by Crippen LogP contribution is -2.29. The predicted octanol–water partition coefficient (Wildman–Crippen LogP) is 9.62. The molecule has 0 radical (unpaired) electrons. The molecule has 182 valence electrons. The maximum atomic E-state index is 6.68. The zero-order chi connectivity index (χ0) is 25.2. The Balaban J connectivity index is 1.71. The molecule has 0 aliphatic heterocycles. The summed E-state index contributed by atoms with van der Waals surface area (Å²) in [5.41, 5.74) is 12.0. The molecule has 3 aromatic carbocycles. The summed E-state index contributed by atoms with van der Waals surface area (Å²) in [4.78, 5) is 4.77. The van der Waals surface area contributed by atoms with Crippen molar-refractivity contribution in [2.45, 2.75) is 59.8 Å². The molecule has 0 bridgehead atoms. The highest BCUT2D eigenvalue weighted by molar-refractivity contribution is 6.17. The summed E-state index contributed by atoms with van der Waals surface area (Å²) in [6, 6.07) is 22.4. The third-order valence-corrected chi connectivity index (χ3v) is 7.92. The molecule has 1 aliphatic carbocycles. The van der Waals surface area contributed by atoms with E-state index in [0.29, 0.717) is 11.8 Å². The second kappa shape index (κ2) is 8.34. The molecule has 0 unspecified atom stereocenters. The topological polar surface area (TPSA) is 26.0 Å². The van der Waals surface area contributed by atoms with E-state index in [1.165, 1.54) is 38.6 Å². The number of nitrogens with zero attached hydrogens (tertiary/aromatic N) is 1. The van der Waals surface area contributed by atoms with Crippen LogP contribution in [0.4, 0.5) is 0 Å². The number of rotatable bonds is 5. The summed E-state index contributed by atoms with van der Waals surface area (Å²) in [7, 11) is 0. The molecule has 0 amide bonds. The minimum absolute atomic E-state index is 0.0259. The molecule has 0 fully saturated rings. The van der Waals surface area contributed by atoms with Gasteiger partial charge in [0.2, 0.25) is 0 Å². The highest BCUT2D eigenvalue weighted by Crippen LogP contribution is 2.58. The first kappa shape index (κ1) is 23.0. The van der Waals surface area contributed by atoms with Crippen LogP contribution in [0.1, 0.15) is 62.8 Å². The molecule has 0 saturated carbocycles. The summed E-state index contributed by atoms with van der Waals surface area (Å²) in [6.07, 6.45) is 4.23. The van der Waals surface area contributed by atoms with Crippen LogP contribution < -0.4 is 0 Å². The number of benzene rings is 3. The van der Waals surface area contributed by atoms with Gasteiger partial charge in [0.25, 0.3) is 0 Å². The number of furan rings is 1. The van der Waals surface area contributed by atoms with E-state index < -0.39 is 0 Å². The molecule has 36 heavy (non-hydrogen) atoms. The van der Waals surface area contributed by atoms with Crippen molar-refractivity contribution in [1.29, 1.82) is 0 Å². The van der Waals surface area contributed by atoms with Crippen LogP contribution in [-0.2, 0) is 5.41 Å². The van der Waals surface area contributed by atoms with E-state index in [1.807, 2.05) is 6.20 Å². The van der Waals surface area contributed by atoms with Gasteiger partial charge >= 0.3 is 0 Å². The van der Waals surface area contributed by atoms with Crippen LogP contribution in [0.2, 0.25) is 0 Å². The van der Waals surface area contributed by atoms with Gasteiger partial charge < -0.3 is 4.42 Å². The van der Waals surface area contributed by atoms with E-state index >= 15 is 0 Å². The van der Waals surface area contributed by atoms with Crippen LogP contribution in [-0.4, -0.2) is 4.98 Å². The average molecular weight is 474 g/mol. The average Bonchev–Trinajstić information content (AvgIpc) is 3.33. The zero-order valence-electron chi connectivity index (χ0n) is 22.3. The molecule has 0 N–H and O–H groups in total. The maximum Gasteiger partial charge on any atom is 0.145 e. The Morgan fingerprint density at radius 3 is 2.22 bits per heavy atom. The van der Waals surface area contributed by atoms with Gasteiger partial charge in [-0.05, 0) is 84.0 Å². The minimum Gasteiger partial charge on any atom is -0.455 e. The molecule has 0 atom stereocenters. The smallest absolute Gasteiger partial charge is 0.145 e. The van der Waals surface area contributed by atoms with Gasteiger partial charge in [0, 0.05) is 27.9 Å². The van der Waals surface area contributed by atoms with Gasteiger partial charge in [-0.25, -0.2) is 0 Å². The van der Waals surface area contributed by atoms with Gasteiger partial charge in [-0.2, -0.15) is 0 Å². The van der Waals surface area contributed by atoms with Gasteiger partial charge in [-0.1, -0.05) is 76.2 Å². The number of aryl methyl sites for hydroxylation is 2. The number of pyridine rings is 1. The summed E-state index contributed by atoms with van der Waals surface area (Å²) in [5, 5.41) is 2.43. The molecule has 0 saturated heterocycles. The lowest BCUT2D eigenvalue weighted by Gasteiger charge is -2.35.